The van der Waals surface area contributed by atoms with E-state index in [2.05, 4.69) is 249 Å². The molecular formula is C80H52N8O2Pt2S2Si2. The van der Waals surface area contributed by atoms with Crippen molar-refractivity contribution in [2.45, 2.75) is 26.2 Å². The number of thiophene rings is 2. The summed E-state index contributed by atoms with van der Waals surface area (Å²) in [6.07, 6.45) is 11.4. The Morgan fingerprint density at radius 1 is 0.344 bits per heavy atom. The molecule has 0 saturated carbocycles. The molecule has 2 aliphatic heterocycles. The Balaban J connectivity index is 0.000000142. The van der Waals surface area contributed by atoms with Crippen LogP contribution in [-0.2, 0) is 42.1 Å². The maximum atomic E-state index is 6.50. The van der Waals surface area contributed by atoms with E-state index in [9.17, 15) is 0 Å². The molecule has 0 amide bonds. The normalized spacial score (nSPS) is 13.6. The smallest absolute Gasteiger partial charge is 0.503 e. The van der Waals surface area contributed by atoms with E-state index in [1.165, 1.54) is 72.5 Å². The molecule has 0 N–H and O–H groups in total. The maximum absolute atomic E-state index is 6.50. The van der Waals surface area contributed by atoms with Crippen LogP contribution in [0.15, 0.2) is 243 Å². The maximum Gasteiger partial charge on any atom is 2.00 e. The number of anilines is 6. The third-order valence-electron chi connectivity index (χ3n) is 19.1. The van der Waals surface area contributed by atoms with E-state index in [0.717, 1.165) is 77.7 Å². The SMILES string of the molecule is C[Si]1(C)c2cc3c(cc2N(c2[c-]c(Oc4[c-]c5c(cc4)c4ccccc4n4ccnc54)ccc2)c2ncccc21)sc1ccccc13.C[Si]1(C)c2cc3sc4ccccc4c3cc2N(c2[c-]c(Oc3[c-]c4c(cc3)c3ccccc3n3ccnc43)ccc2)c2ncccc21.[Pt+2].[Pt+2]. The van der Waals surface area contributed by atoms with Crippen molar-refractivity contribution < 1.29 is 51.6 Å². The standard InChI is InChI=1S/2C40H26N4OSSi.2Pt/c1-47(2)37-15-8-18-41-40(37)44(34-24-36-31(23-38(34)47)30-12-4-6-14-35(30)46-36)25-9-7-10-26(21-25)45-27-16-17-28-29-11-3-5-13-33(29)43-20-19-42-39(43)32(28)22-27;1-47(2)37-15-8-18-41-40(37)44(34-23-31-30-12-4-6-14-35(30)46-36(31)24-38(34)47)25-9-7-10-26(21-25)45-27-16-17-28-29-11-3-5-13-33(29)43-20-19-42-39(43)32(28)22-27;;/h2*3-20,23-24H,1-2H3;;/q2*-2;2*+2. The van der Waals surface area contributed by atoms with Gasteiger partial charge in [0.2, 0.25) is 0 Å². The van der Waals surface area contributed by atoms with Gasteiger partial charge in [-0.2, -0.15) is 12.1 Å². The Kier molecular flexibility index (Phi) is 14.4. The van der Waals surface area contributed by atoms with Crippen molar-refractivity contribution in [3.63, 3.8) is 0 Å². The summed E-state index contributed by atoms with van der Waals surface area (Å²) in [6, 6.07) is 87.0. The molecule has 0 unspecified atom stereocenters. The van der Waals surface area contributed by atoms with Crippen LogP contribution >= 0.6 is 22.7 Å². The van der Waals surface area contributed by atoms with Gasteiger partial charge in [0.05, 0.1) is 11.3 Å². The van der Waals surface area contributed by atoms with Crippen molar-refractivity contribution in [3.8, 4) is 23.0 Å². The molecule has 0 atom stereocenters. The second-order valence-corrected chi connectivity index (χ2v) is 35.9. The van der Waals surface area contributed by atoms with Gasteiger partial charge in [-0.25, -0.2) is 9.97 Å². The minimum atomic E-state index is -2.08. The number of para-hydroxylation sites is 2. The fourth-order valence-electron chi connectivity index (χ4n) is 14.6. The number of nitrogens with zero attached hydrogens (tertiary/aromatic N) is 8. The van der Waals surface area contributed by atoms with Gasteiger partial charge >= 0.3 is 42.1 Å². The van der Waals surface area contributed by atoms with Crippen LogP contribution in [0.3, 0.4) is 0 Å². The largest absolute Gasteiger partial charge is 2.00 e. The molecule has 2 aliphatic rings. The predicted octanol–water partition coefficient (Wildman–Crippen LogP) is 18.8. The van der Waals surface area contributed by atoms with Crippen molar-refractivity contribution in [1.29, 1.82) is 0 Å². The first kappa shape index (κ1) is 60.1. The van der Waals surface area contributed by atoms with Crippen LogP contribution in [-0.4, -0.2) is 44.9 Å². The first-order chi connectivity index (χ1) is 46.1. The van der Waals surface area contributed by atoms with E-state index in [0.29, 0.717) is 23.0 Å². The predicted molar refractivity (Wildman–Crippen MR) is 393 cm³/mol. The molecule has 0 spiro atoms. The van der Waals surface area contributed by atoms with Crippen LogP contribution in [0, 0.1) is 24.3 Å². The molecule has 0 fully saturated rings. The van der Waals surface area contributed by atoms with Crippen molar-refractivity contribution in [2.24, 2.45) is 0 Å². The molecule has 96 heavy (non-hydrogen) atoms. The fraction of sp³-hybridized carbons (Fsp3) is 0.0500. The van der Waals surface area contributed by atoms with Crippen LogP contribution in [0.1, 0.15) is 0 Å². The molecular weight excluding hydrogens is 1620 g/mol. The van der Waals surface area contributed by atoms with Gasteiger partial charge in [0.25, 0.3) is 0 Å². The number of fused-ring (bicyclic) bond motifs is 22. The zero-order valence-electron chi connectivity index (χ0n) is 51.9. The van der Waals surface area contributed by atoms with Gasteiger partial charge in [0.1, 0.15) is 27.8 Å². The molecule has 16 heteroatoms. The fourth-order valence-corrected chi connectivity index (χ4v) is 22.7. The quantitative estimate of drug-likeness (QED) is 0.0925. The molecule has 10 heterocycles. The first-order valence-electron chi connectivity index (χ1n) is 31.3. The monoisotopic (exact) mass is 1670 g/mol. The summed E-state index contributed by atoms with van der Waals surface area (Å²) < 4.78 is 22.4. The second kappa shape index (κ2) is 23.1. The number of pyridine rings is 4. The molecule has 0 aliphatic carbocycles. The van der Waals surface area contributed by atoms with Crippen LogP contribution in [0.2, 0.25) is 26.2 Å². The van der Waals surface area contributed by atoms with E-state index in [1.807, 2.05) is 96.3 Å². The van der Waals surface area contributed by atoms with Gasteiger partial charge < -0.3 is 28.1 Å². The molecule has 10 aromatic carbocycles. The average molecular weight is 1670 g/mol. The Labute approximate surface area is 590 Å². The summed E-state index contributed by atoms with van der Waals surface area (Å²) in [4.78, 5) is 23.8. The minimum absolute atomic E-state index is 0. The van der Waals surface area contributed by atoms with E-state index in [1.54, 1.807) is 0 Å². The number of hydrogen-bond acceptors (Lipinski definition) is 10. The zero-order valence-corrected chi connectivity index (χ0v) is 60.1. The van der Waals surface area contributed by atoms with Crippen molar-refractivity contribution >= 4 is 189 Å². The van der Waals surface area contributed by atoms with Crippen LogP contribution in [0.5, 0.6) is 23.0 Å². The number of imidazole rings is 2. The van der Waals surface area contributed by atoms with E-state index >= 15 is 0 Å². The first-order valence-corrected chi connectivity index (χ1v) is 39.0. The van der Waals surface area contributed by atoms with Gasteiger partial charge in [-0.05, 0) is 86.1 Å². The Morgan fingerprint density at radius 2 is 0.781 bits per heavy atom. The van der Waals surface area contributed by atoms with Crippen molar-refractivity contribution in [2.75, 3.05) is 9.80 Å². The zero-order chi connectivity index (χ0) is 62.6. The molecule has 464 valence electrons. The number of aromatic nitrogens is 6. The number of hydrogen-bond donors (Lipinski definition) is 0. The molecule has 0 bridgehead atoms. The van der Waals surface area contributed by atoms with Gasteiger partial charge in [0.15, 0.2) is 0 Å². The summed E-state index contributed by atoms with van der Waals surface area (Å²) >= 11 is 3.71. The minimum Gasteiger partial charge on any atom is -0.503 e. The third kappa shape index (κ3) is 9.36. The number of rotatable bonds is 6. The van der Waals surface area contributed by atoms with Gasteiger partial charge in [0, 0.05) is 123 Å². The summed E-state index contributed by atoms with van der Waals surface area (Å²) in [5.41, 5.74) is 8.05. The summed E-state index contributed by atoms with van der Waals surface area (Å²) in [6.45, 7) is 9.73. The van der Waals surface area contributed by atoms with E-state index < -0.39 is 16.1 Å². The average Bonchev–Trinajstić information content (AvgIpc) is 1.08. The number of benzene rings is 10. The topological polar surface area (TPSA) is 85.3 Å². The number of ether oxygens (including phenoxy) is 2. The summed E-state index contributed by atoms with van der Waals surface area (Å²) in [5, 5.41) is 16.9. The molecule has 20 rings (SSSR count). The Hall–Kier alpha value is -9.63. The molecule has 10 nitrogen and oxygen atoms in total. The van der Waals surface area contributed by atoms with E-state index in [-0.39, 0.29) is 42.1 Å². The molecule has 0 radical (unpaired) electrons. The summed E-state index contributed by atoms with van der Waals surface area (Å²) in [7, 11) is -4.14. The Morgan fingerprint density at radius 3 is 1.30 bits per heavy atom. The molecule has 0 saturated heterocycles. The second-order valence-electron chi connectivity index (χ2n) is 25.1. The van der Waals surface area contributed by atoms with Crippen molar-refractivity contribution in [3.05, 3.63) is 268 Å². The van der Waals surface area contributed by atoms with Crippen LogP contribution in [0.25, 0.3) is 95.0 Å². The van der Waals surface area contributed by atoms with Gasteiger partial charge in [-0.15, -0.1) is 83.3 Å². The third-order valence-corrected chi connectivity index (χ3v) is 28.3. The van der Waals surface area contributed by atoms with Crippen molar-refractivity contribution in [1.82, 2.24) is 28.7 Å². The summed E-state index contributed by atoms with van der Waals surface area (Å²) in [5.74, 6) is 4.39. The Bertz CT molecular complexity index is 6220. The molecule has 8 aromatic heterocycles. The van der Waals surface area contributed by atoms with Gasteiger partial charge in [-0.1, -0.05) is 162 Å². The van der Waals surface area contributed by atoms with Gasteiger partial charge in [-0.3, -0.25) is 9.97 Å². The van der Waals surface area contributed by atoms with Crippen LogP contribution < -0.4 is 40.0 Å². The van der Waals surface area contributed by atoms with E-state index in [4.69, 9.17) is 19.4 Å². The molecule has 18 aromatic rings. The van der Waals surface area contributed by atoms with Crippen LogP contribution in [0.4, 0.5) is 34.4 Å².